The molecular formula is C10H18F3N3O. The topological polar surface area (TPSA) is 58.4 Å². The Morgan fingerprint density at radius 1 is 1.53 bits per heavy atom. The molecule has 1 amide bonds. The number of nitrogens with one attached hydrogen (secondary N) is 1. The Hall–Kier alpha value is -0.820. The van der Waals surface area contributed by atoms with Gasteiger partial charge in [-0.15, -0.1) is 0 Å². The summed E-state index contributed by atoms with van der Waals surface area (Å²) in [5.41, 5.74) is 5.18. The highest BCUT2D eigenvalue weighted by Gasteiger charge is 2.30. The number of primary amides is 1. The molecule has 1 atom stereocenters. The smallest absolute Gasteiger partial charge is 0.368 e. The van der Waals surface area contributed by atoms with Crippen molar-refractivity contribution in [1.82, 2.24) is 10.2 Å². The maximum absolute atomic E-state index is 12.1. The lowest BCUT2D eigenvalue weighted by Crippen LogP contribution is -2.45. The zero-order valence-corrected chi connectivity index (χ0v) is 9.76. The van der Waals surface area contributed by atoms with E-state index >= 15 is 0 Å². The van der Waals surface area contributed by atoms with E-state index in [-0.39, 0.29) is 6.54 Å². The molecule has 100 valence electrons. The van der Waals surface area contributed by atoms with E-state index in [0.29, 0.717) is 12.5 Å². The summed E-state index contributed by atoms with van der Waals surface area (Å²) in [7, 11) is 1.38. The molecule has 0 radical (unpaired) electrons. The van der Waals surface area contributed by atoms with Crippen LogP contribution in [-0.2, 0) is 4.79 Å². The largest absolute Gasteiger partial charge is 0.401 e. The van der Waals surface area contributed by atoms with Crippen LogP contribution < -0.4 is 11.1 Å². The number of carbonyl (C=O) groups is 1. The second-order valence-corrected chi connectivity index (χ2v) is 4.54. The third-order valence-electron chi connectivity index (χ3n) is 2.61. The van der Waals surface area contributed by atoms with Crippen molar-refractivity contribution < 1.29 is 18.0 Å². The minimum absolute atomic E-state index is 0.187. The van der Waals surface area contributed by atoms with E-state index in [1.54, 1.807) is 0 Å². The highest BCUT2D eigenvalue weighted by atomic mass is 19.4. The third-order valence-corrected chi connectivity index (χ3v) is 2.61. The number of nitrogens with zero attached hydrogens (tertiary/aromatic N) is 1. The number of hydrogen-bond donors (Lipinski definition) is 2. The molecule has 0 aromatic rings. The van der Waals surface area contributed by atoms with Gasteiger partial charge in [0, 0.05) is 12.6 Å². The Kier molecular flexibility index (Phi) is 4.76. The second kappa shape index (κ2) is 5.68. The first-order valence-electron chi connectivity index (χ1n) is 5.58. The fourth-order valence-corrected chi connectivity index (χ4v) is 1.58. The SMILES string of the molecule is CN(CCC(NC1CC1)C(N)=O)CC(F)(F)F. The highest BCUT2D eigenvalue weighted by Crippen LogP contribution is 2.20. The first-order valence-corrected chi connectivity index (χ1v) is 5.58. The molecule has 1 aliphatic carbocycles. The molecule has 3 N–H and O–H groups in total. The normalized spacial score (nSPS) is 18.4. The van der Waals surface area contributed by atoms with Crippen LogP contribution in [0.2, 0.25) is 0 Å². The second-order valence-electron chi connectivity index (χ2n) is 4.54. The molecule has 1 saturated carbocycles. The van der Waals surface area contributed by atoms with Gasteiger partial charge in [-0.05, 0) is 26.3 Å². The molecule has 0 bridgehead atoms. The van der Waals surface area contributed by atoms with Crippen LogP contribution in [0.4, 0.5) is 13.2 Å². The molecule has 0 aromatic carbocycles. The van der Waals surface area contributed by atoms with Crippen LogP contribution in [0.5, 0.6) is 0 Å². The molecule has 1 unspecified atom stereocenters. The lowest BCUT2D eigenvalue weighted by atomic mass is 10.2. The van der Waals surface area contributed by atoms with Crippen molar-refractivity contribution in [3.63, 3.8) is 0 Å². The summed E-state index contributed by atoms with van der Waals surface area (Å²) in [6.07, 6.45) is -1.90. The van der Waals surface area contributed by atoms with Crippen molar-refractivity contribution in [1.29, 1.82) is 0 Å². The first kappa shape index (κ1) is 14.2. The molecular weight excluding hydrogens is 235 g/mol. The average molecular weight is 253 g/mol. The maximum Gasteiger partial charge on any atom is 0.401 e. The van der Waals surface area contributed by atoms with E-state index in [1.165, 1.54) is 7.05 Å². The van der Waals surface area contributed by atoms with E-state index in [4.69, 9.17) is 5.73 Å². The molecule has 1 aliphatic rings. The lowest BCUT2D eigenvalue weighted by Gasteiger charge is -2.21. The summed E-state index contributed by atoms with van der Waals surface area (Å²) >= 11 is 0. The Labute approximate surface area is 98.3 Å². The van der Waals surface area contributed by atoms with Crippen LogP contribution in [-0.4, -0.2) is 49.2 Å². The van der Waals surface area contributed by atoms with Gasteiger partial charge < -0.3 is 11.1 Å². The van der Waals surface area contributed by atoms with Crippen molar-refractivity contribution in [2.75, 3.05) is 20.1 Å². The van der Waals surface area contributed by atoms with Crippen LogP contribution in [0.3, 0.4) is 0 Å². The molecule has 4 nitrogen and oxygen atoms in total. The van der Waals surface area contributed by atoms with Crippen molar-refractivity contribution in [3.05, 3.63) is 0 Å². The Morgan fingerprint density at radius 3 is 2.53 bits per heavy atom. The number of nitrogens with two attached hydrogens (primary N) is 1. The van der Waals surface area contributed by atoms with Gasteiger partial charge in [0.05, 0.1) is 12.6 Å². The predicted molar refractivity (Wildman–Crippen MR) is 57.3 cm³/mol. The van der Waals surface area contributed by atoms with Gasteiger partial charge in [0.2, 0.25) is 5.91 Å². The summed E-state index contributed by atoms with van der Waals surface area (Å²) in [5.74, 6) is -0.502. The number of alkyl halides is 3. The number of amides is 1. The fourth-order valence-electron chi connectivity index (χ4n) is 1.58. The van der Waals surface area contributed by atoms with Crippen molar-refractivity contribution in [2.45, 2.75) is 37.5 Å². The molecule has 7 heteroatoms. The zero-order chi connectivity index (χ0) is 13.1. The number of rotatable bonds is 7. The number of carbonyl (C=O) groups excluding carboxylic acids is 1. The number of halogens is 3. The van der Waals surface area contributed by atoms with Gasteiger partial charge in [-0.2, -0.15) is 13.2 Å². The Balaban J connectivity index is 2.27. The van der Waals surface area contributed by atoms with Crippen LogP contribution in [0, 0.1) is 0 Å². The standard InChI is InChI=1S/C10H18F3N3O/c1-16(6-10(11,12)13)5-4-8(9(14)17)15-7-2-3-7/h7-8,15H,2-6H2,1H3,(H2,14,17). The van der Waals surface area contributed by atoms with E-state index in [0.717, 1.165) is 17.7 Å². The Bertz CT molecular complexity index is 266. The summed E-state index contributed by atoms with van der Waals surface area (Å²) in [4.78, 5) is 12.2. The van der Waals surface area contributed by atoms with Gasteiger partial charge >= 0.3 is 6.18 Å². The zero-order valence-electron chi connectivity index (χ0n) is 9.76. The highest BCUT2D eigenvalue weighted by molar-refractivity contribution is 5.79. The van der Waals surface area contributed by atoms with Crippen LogP contribution in [0.1, 0.15) is 19.3 Å². The van der Waals surface area contributed by atoms with Gasteiger partial charge in [0.15, 0.2) is 0 Å². The van der Waals surface area contributed by atoms with Gasteiger partial charge in [0.1, 0.15) is 0 Å². The van der Waals surface area contributed by atoms with Crippen LogP contribution in [0.25, 0.3) is 0 Å². The van der Waals surface area contributed by atoms with Crippen molar-refractivity contribution in [3.8, 4) is 0 Å². The molecule has 0 heterocycles. The van der Waals surface area contributed by atoms with E-state index < -0.39 is 24.7 Å². The number of hydrogen-bond acceptors (Lipinski definition) is 3. The van der Waals surface area contributed by atoms with E-state index in [9.17, 15) is 18.0 Å². The summed E-state index contributed by atoms with van der Waals surface area (Å²) in [5, 5.41) is 3.03. The molecule has 17 heavy (non-hydrogen) atoms. The monoisotopic (exact) mass is 253 g/mol. The Morgan fingerprint density at radius 2 is 2.12 bits per heavy atom. The van der Waals surface area contributed by atoms with Gasteiger partial charge in [-0.25, -0.2) is 0 Å². The van der Waals surface area contributed by atoms with Gasteiger partial charge in [-0.3, -0.25) is 9.69 Å². The summed E-state index contributed by atoms with van der Waals surface area (Å²) in [6.45, 7) is -0.783. The van der Waals surface area contributed by atoms with Gasteiger partial charge in [-0.1, -0.05) is 0 Å². The molecule has 1 fully saturated rings. The van der Waals surface area contributed by atoms with E-state index in [1.807, 2.05) is 0 Å². The minimum atomic E-state index is -4.21. The van der Waals surface area contributed by atoms with Crippen LogP contribution >= 0.6 is 0 Å². The predicted octanol–water partition coefficient (Wildman–Crippen LogP) is 0.476. The van der Waals surface area contributed by atoms with Gasteiger partial charge in [0.25, 0.3) is 0 Å². The first-order chi connectivity index (χ1) is 7.78. The minimum Gasteiger partial charge on any atom is -0.368 e. The molecule has 0 saturated heterocycles. The third kappa shape index (κ3) is 6.48. The summed E-state index contributed by atoms with van der Waals surface area (Å²) < 4.78 is 36.2. The van der Waals surface area contributed by atoms with Crippen molar-refractivity contribution in [2.24, 2.45) is 5.73 Å². The lowest BCUT2D eigenvalue weighted by molar-refractivity contribution is -0.143. The maximum atomic E-state index is 12.1. The van der Waals surface area contributed by atoms with E-state index in [2.05, 4.69) is 5.32 Å². The average Bonchev–Trinajstić information content (AvgIpc) is 2.92. The molecule has 0 aliphatic heterocycles. The molecule has 0 spiro atoms. The fraction of sp³-hybridized carbons (Fsp3) is 0.900. The quantitative estimate of drug-likeness (QED) is 0.693. The molecule has 1 rings (SSSR count). The van der Waals surface area contributed by atoms with Crippen LogP contribution in [0.15, 0.2) is 0 Å². The summed E-state index contributed by atoms with van der Waals surface area (Å²) in [6, 6.07) is -0.224. The van der Waals surface area contributed by atoms with Crippen molar-refractivity contribution >= 4 is 5.91 Å². The molecule has 0 aromatic heterocycles.